The molecule has 0 bridgehead atoms. The van der Waals surface area contributed by atoms with Gasteiger partial charge < -0.3 is 19.9 Å². The first-order valence-corrected chi connectivity index (χ1v) is 10.0. The van der Waals surface area contributed by atoms with Gasteiger partial charge in [-0.2, -0.15) is 0 Å². The summed E-state index contributed by atoms with van der Waals surface area (Å²) in [5, 5.41) is 0. The van der Waals surface area contributed by atoms with Crippen LogP contribution in [0.15, 0.2) is 35.2 Å². The summed E-state index contributed by atoms with van der Waals surface area (Å²) >= 11 is 0. The van der Waals surface area contributed by atoms with Crippen molar-refractivity contribution in [1.82, 2.24) is 0 Å². The maximum atomic E-state index is 13.6. The molecule has 0 radical (unpaired) electrons. The zero-order chi connectivity index (χ0) is 19.6. The van der Waals surface area contributed by atoms with Crippen LogP contribution in [0.25, 0.3) is 0 Å². The molecule has 1 aliphatic rings. The fourth-order valence-electron chi connectivity index (χ4n) is 3.33. The largest absolute Gasteiger partial charge is 0.496 e. The Morgan fingerprint density at radius 1 is 1.04 bits per heavy atom. The number of hydrogen-bond donors (Lipinski definition) is 1. The number of methoxy groups -OCH3 is 3. The van der Waals surface area contributed by atoms with E-state index >= 15 is 0 Å². The quantitative estimate of drug-likeness (QED) is 0.811. The van der Waals surface area contributed by atoms with Crippen LogP contribution in [-0.2, 0) is 23.0 Å². The number of nitrogens with two attached hydrogens (primary N) is 1. The number of benzene rings is 2. The van der Waals surface area contributed by atoms with E-state index in [1.165, 1.54) is 37.8 Å². The van der Waals surface area contributed by atoms with Crippen molar-refractivity contribution in [3.63, 3.8) is 0 Å². The zero-order valence-corrected chi connectivity index (χ0v) is 16.5. The molecule has 7 nitrogen and oxygen atoms in total. The normalized spacial score (nSPS) is 13.9. The summed E-state index contributed by atoms with van der Waals surface area (Å²) in [5.74, 6) is 0.808. The fraction of sp³-hybridized carbons (Fsp3) is 0.368. The molecule has 0 amide bonds. The molecule has 2 aromatic carbocycles. The third-order valence-corrected chi connectivity index (χ3v) is 6.55. The SMILES string of the molecule is COc1cc(OC)c(S(=O)(=O)N2CCCc3cc(CN)ccc32)c(OC)c1. The standard InChI is InChI=1S/C19H24N2O5S/c1-24-15-10-17(25-2)19(18(11-15)26-3)27(22,23)21-8-4-5-14-9-13(12-20)6-7-16(14)21/h6-7,9-11H,4-5,8,12,20H2,1-3H3. The molecule has 0 unspecified atom stereocenters. The number of aryl methyl sites for hydroxylation is 1. The van der Waals surface area contributed by atoms with Gasteiger partial charge in [-0.3, -0.25) is 4.31 Å². The summed E-state index contributed by atoms with van der Waals surface area (Å²) in [7, 11) is 0.432. The predicted octanol–water partition coefficient (Wildman–Crippen LogP) is 2.31. The Hall–Kier alpha value is -2.45. The van der Waals surface area contributed by atoms with Crippen LogP contribution in [0.2, 0.25) is 0 Å². The first kappa shape index (κ1) is 19.3. The Balaban J connectivity index is 2.17. The van der Waals surface area contributed by atoms with Crippen molar-refractivity contribution < 1.29 is 22.6 Å². The molecule has 0 atom stereocenters. The van der Waals surface area contributed by atoms with Gasteiger partial charge in [0.2, 0.25) is 0 Å². The maximum absolute atomic E-state index is 13.6. The van der Waals surface area contributed by atoms with Gasteiger partial charge in [-0.05, 0) is 30.0 Å². The Labute approximate surface area is 159 Å². The van der Waals surface area contributed by atoms with Crippen LogP contribution >= 0.6 is 0 Å². The zero-order valence-electron chi connectivity index (χ0n) is 15.7. The Bertz CT molecular complexity index is 918. The predicted molar refractivity (Wildman–Crippen MR) is 103 cm³/mol. The number of ether oxygens (including phenoxy) is 3. The monoisotopic (exact) mass is 392 g/mol. The first-order valence-electron chi connectivity index (χ1n) is 8.61. The minimum absolute atomic E-state index is 0.0101. The molecular formula is C19H24N2O5S. The highest BCUT2D eigenvalue weighted by atomic mass is 32.2. The van der Waals surface area contributed by atoms with E-state index in [2.05, 4.69) is 0 Å². The van der Waals surface area contributed by atoms with E-state index < -0.39 is 10.0 Å². The molecule has 1 heterocycles. The lowest BCUT2D eigenvalue weighted by molar-refractivity contribution is 0.359. The number of sulfonamides is 1. The summed E-state index contributed by atoms with van der Waals surface area (Å²) < 4.78 is 44.5. The molecule has 0 saturated heterocycles. The third kappa shape index (κ3) is 3.42. The molecule has 2 N–H and O–H groups in total. The highest BCUT2D eigenvalue weighted by Crippen LogP contribution is 2.42. The van der Waals surface area contributed by atoms with Crippen molar-refractivity contribution in [3.8, 4) is 17.2 Å². The Morgan fingerprint density at radius 3 is 2.26 bits per heavy atom. The summed E-state index contributed by atoms with van der Waals surface area (Å²) in [6.07, 6.45) is 1.53. The highest BCUT2D eigenvalue weighted by Gasteiger charge is 2.34. The molecule has 0 spiro atoms. The van der Waals surface area contributed by atoms with Gasteiger partial charge in [-0.25, -0.2) is 8.42 Å². The summed E-state index contributed by atoms with van der Waals surface area (Å²) in [5.41, 5.74) is 8.34. The molecule has 1 aliphatic heterocycles. The number of rotatable bonds is 6. The summed E-state index contributed by atoms with van der Waals surface area (Å²) in [6.45, 7) is 0.801. The molecule has 0 fully saturated rings. The van der Waals surface area contributed by atoms with Crippen LogP contribution in [0.3, 0.4) is 0 Å². The Kier molecular flexibility index (Phi) is 5.48. The average molecular weight is 392 g/mol. The van der Waals surface area contributed by atoms with Gasteiger partial charge >= 0.3 is 0 Å². The third-order valence-electron chi connectivity index (χ3n) is 4.67. The second-order valence-corrected chi connectivity index (χ2v) is 8.01. The average Bonchev–Trinajstić information content (AvgIpc) is 2.71. The van der Waals surface area contributed by atoms with Crippen LogP contribution in [0.1, 0.15) is 17.5 Å². The summed E-state index contributed by atoms with van der Waals surface area (Å²) in [4.78, 5) is -0.0101. The molecule has 2 aromatic rings. The van der Waals surface area contributed by atoms with Crippen molar-refractivity contribution in [2.75, 3.05) is 32.2 Å². The molecule has 146 valence electrons. The van der Waals surface area contributed by atoms with Gasteiger partial charge in [0.1, 0.15) is 17.2 Å². The van der Waals surface area contributed by atoms with Crippen molar-refractivity contribution in [2.45, 2.75) is 24.3 Å². The van der Waals surface area contributed by atoms with E-state index in [-0.39, 0.29) is 16.4 Å². The Morgan fingerprint density at radius 2 is 1.70 bits per heavy atom. The lowest BCUT2D eigenvalue weighted by atomic mass is 10.0. The molecule has 3 rings (SSSR count). The van der Waals surface area contributed by atoms with Crippen molar-refractivity contribution in [3.05, 3.63) is 41.5 Å². The van der Waals surface area contributed by atoms with Gasteiger partial charge in [-0.1, -0.05) is 12.1 Å². The van der Waals surface area contributed by atoms with Crippen molar-refractivity contribution in [1.29, 1.82) is 0 Å². The molecule has 8 heteroatoms. The first-order chi connectivity index (χ1) is 13.0. The van der Waals surface area contributed by atoms with E-state index in [0.717, 1.165) is 24.0 Å². The molecule has 27 heavy (non-hydrogen) atoms. The minimum atomic E-state index is -3.91. The number of hydrogen-bond acceptors (Lipinski definition) is 6. The molecule has 0 saturated carbocycles. The highest BCUT2D eigenvalue weighted by molar-refractivity contribution is 7.93. The van der Waals surface area contributed by atoms with E-state index in [4.69, 9.17) is 19.9 Å². The van der Waals surface area contributed by atoms with E-state index in [1.807, 2.05) is 18.2 Å². The van der Waals surface area contributed by atoms with Crippen molar-refractivity contribution in [2.24, 2.45) is 5.73 Å². The van der Waals surface area contributed by atoms with Crippen LogP contribution < -0.4 is 24.2 Å². The topological polar surface area (TPSA) is 91.1 Å². The lowest BCUT2D eigenvalue weighted by Crippen LogP contribution is -2.36. The van der Waals surface area contributed by atoms with Crippen LogP contribution in [-0.4, -0.2) is 36.3 Å². The number of fused-ring (bicyclic) bond motifs is 1. The second kappa shape index (κ2) is 7.66. The van der Waals surface area contributed by atoms with Gasteiger partial charge in [0.05, 0.1) is 27.0 Å². The van der Waals surface area contributed by atoms with E-state index in [9.17, 15) is 8.42 Å². The number of nitrogens with zero attached hydrogens (tertiary/aromatic N) is 1. The van der Waals surface area contributed by atoms with E-state index in [1.54, 1.807) is 0 Å². The summed E-state index contributed by atoms with van der Waals surface area (Å²) in [6, 6.07) is 8.72. The van der Waals surface area contributed by atoms with E-state index in [0.29, 0.717) is 24.5 Å². The van der Waals surface area contributed by atoms with Crippen LogP contribution in [0, 0.1) is 0 Å². The molecular weight excluding hydrogens is 368 g/mol. The fourth-order valence-corrected chi connectivity index (χ4v) is 5.15. The lowest BCUT2D eigenvalue weighted by Gasteiger charge is -2.31. The maximum Gasteiger partial charge on any atom is 0.271 e. The smallest absolute Gasteiger partial charge is 0.271 e. The van der Waals surface area contributed by atoms with Crippen LogP contribution in [0.5, 0.6) is 17.2 Å². The number of anilines is 1. The molecule has 0 aliphatic carbocycles. The van der Waals surface area contributed by atoms with Gasteiger partial charge in [-0.15, -0.1) is 0 Å². The minimum Gasteiger partial charge on any atom is -0.496 e. The van der Waals surface area contributed by atoms with Gasteiger partial charge in [0.25, 0.3) is 10.0 Å². The second-order valence-electron chi connectivity index (χ2n) is 6.21. The van der Waals surface area contributed by atoms with Gasteiger partial charge in [0.15, 0.2) is 4.90 Å². The van der Waals surface area contributed by atoms with Crippen molar-refractivity contribution >= 4 is 15.7 Å². The molecule has 0 aromatic heterocycles. The van der Waals surface area contributed by atoms with Crippen LogP contribution in [0.4, 0.5) is 5.69 Å². The van der Waals surface area contributed by atoms with Gasteiger partial charge in [0, 0.05) is 25.2 Å².